The maximum Gasteiger partial charge on any atom is 0.277 e. The average molecular weight is 403 g/mol. The Morgan fingerprint density at radius 2 is 1.93 bits per heavy atom. The van der Waals surface area contributed by atoms with E-state index in [1.54, 1.807) is 25.1 Å². The van der Waals surface area contributed by atoms with Gasteiger partial charge in [0.05, 0.1) is 10.7 Å². The number of phenols is 1. The highest BCUT2D eigenvalue weighted by molar-refractivity contribution is 6.34. The van der Waals surface area contributed by atoms with Crippen molar-refractivity contribution in [1.29, 1.82) is 0 Å². The zero-order valence-electron chi connectivity index (χ0n) is 14.4. The van der Waals surface area contributed by atoms with E-state index in [9.17, 15) is 9.90 Å². The maximum absolute atomic E-state index is 12.0. The zero-order valence-corrected chi connectivity index (χ0v) is 15.9. The predicted octanol–water partition coefficient (Wildman–Crippen LogP) is 4.77. The SMILES string of the molecule is C/C(=N\NC(=O)COc1cc(Cl)ccc1Cl)c1ccc2ccccc2c1O. The lowest BCUT2D eigenvalue weighted by atomic mass is 10.0. The molecule has 3 aromatic carbocycles. The summed E-state index contributed by atoms with van der Waals surface area (Å²) < 4.78 is 5.35. The Kier molecular flexibility index (Phi) is 5.84. The van der Waals surface area contributed by atoms with Crippen molar-refractivity contribution >= 4 is 45.6 Å². The van der Waals surface area contributed by atoms with Crippen LogP contribution in [0, 0.1) is 0 Å². The summed E-state index contributed by atoms with van der Waals surface area (Å²) in [4.78, 5) is 12.0. The van der Waals surface area contributed by atoms with E-state index in [-0.39, 0.29) is 12.4 Å². The minimum atomic E-state index is -0.467. The Bertz CT molecular complexity index is 1030. The highest BCUT2D eigenvalue weighted by atomic mass is 35.5. The number of phenolic OH excluding ortho intramolecular Hbond substituents is 1. The molecule has 0 saturated carbocycles. The van der Waals surface area contributed by atoms with E-state index in [0.717, 1.165) is 10.8 Å². The van der Waals surface area contributed by atoms with Crippen molar-refractivity contribution < 1.29 is 14.6 Å². The van der Waals surface area contributed by atoms with Crippen LogP contribution in [0.4, 0.5) is 0 Å². The Hall–Kier alpha value is -2.76. The average Bonchev–Trinajstić information content (AvgIpc) is 2.67. The molecule has 0 unspecified atom stereocenters. The Balaban J connectivity index is 1.67. The lowest BCUT2D eigenvalue weighted by Crippen LogP contribution is -2.25. The van der Waals surface area contributed by atoms with E-state index in [4.69, 9.17) is 27.9 Å². The van der Waals surface area contributed by atoms with Gasteiger partial charge < -0.3 is 9.84 Å². The van der Waals surface area contributed by atoms with Crippen molar-refractivity contribution in [2.75, 3.05) is 6.61 Å². The second-order valence-corrected chi connectivity index (χ2v) is 6.62. The van der Waals surface area contributed by atoms with Gasteiger partial charge in [0.1, 0.15) is 11.5 Å². The maximum atomic E-state index is 12.0. The number of hydrazone groups is 1. The second-order valence-electron chi connectivity index (χ2n) is 5.78. The number of carbonyl (C=O) groups excluding carboxylic acids is 1. The first-order valence-corrected chi connectivity index (χ1v) is 8.83. The molecule has 0 saturated heterocycles. The topological polar surface area (TPSA) is 70.9 Å². The summed E-state index contributed by atoms with van der Waals surface area (Å²) in [6.45, 7) is 1.42. The van der Waals surface area contributed by atoms with Crippen molar-refractivity contribution in [2.24, 2.45) is 5.10 Å². The van der Waals surface area contributed by atoms with E-state index in [1.807, 2.05) is 30.3 Å². The number of fused-ring (bicyclic) bond motifs is 1. The Morgan fingerprint density at radius 3 is 2.74 bits per heavy atom. The predicted molar refractivity (Wildman–Crippen MR) is 108 cm³/mol. The third-order valence-corrected chi connectivity index (χ3v) is 4.44. The van der Waals surface area contributed by atoms with Gasteiger partial charge in [-0.2, -0.15) is 5.10 Å². The smallest absolute Gasteiger partial charge is 0.277 e. The molecule has 7 heteroatoms. The largest absolute Gasteiger partial charge is 0.507 e. The third-order valence-electron chi connectivity index (χ3n) is 3.89. The molecule has 2 N–H and O–H groups in total. The minimum absolute atomic E-state index is 0.116. The molecule has 0 aliphatic rings. The number of halogens is 2. The zero-order chi connectivity index (χ0) is 19.4. The van der Waals surface area contributed by atoms with Crippen LogP contribution in [0.1, 0.15) is 12.5 Å². The summed E-state index contributed by atoms with van der Waals surface area (Å²) in [6.07, 6.45) is 0. The molecule has 0 heterocycles. The molecule has 5 nitrogen and oxygen atoms in total. The standard InChI is InChI=1S/C20H16Cl2N2O3/c1-12(15-8-6-13-4-2-3-5-16(13)20(15)26)23-24-19(25)11-27-18-10-14(21)7-9-17(18)22/h2-10,26H,11H2,1H3,(H,24,25)/b23-12+. The van der Waals surface area contributed by atoms with Crippen LogP contribution in [0.5, 0.6) is 11.5 Å². The molecule has 0 spiro atoms. The number of hydrogen-bond donors (Lipinski definition) is 2. The molecule has 0 aromatic heterocycles. The molecule has 1 amide bonds. The van der Waals surface area contributed by atoms with Crippen molar-refractivity contribution in [1.82, 2.24) is 5.43 Å². The number of ether oxygens (including phenoxy) is 1. The van der Waals surface area contributed by atoms with Gasteiger partial charge in [-0.3, -0.25) is 4.79 Å². The van der Waals surface area contributed by atoms with Crippen LogP contribution in [0.15, 0.2) is 59.7 Å². The monoisotopic (exact) mass is 402 g/mol. The van der Waals surface area contributed by atoms with Crippen LogP contribution in [0.2, 0.25) is 10.0 Å². The lowest BCUT2D eigenvalue weighted by Gasteiger charge is -2.09. The molecular weight excluding hydrogens is 387 g/mol. The van der Waals surface area contributed by atoms with E-state index in [2.05, 4.69) is 10.5 Å². The van der Waals surface area contributed by atoms with Gasteiger partial charge in [0.15, 0.2) is 6.61 Å². The van der Waals surface area contributed by atoms with Gasteiger partial charge in [-0.25, -0.2) is 5.43 Å². The number of rotatable bonds is 5. The molecule has 3 rings (SSSR count). The van der Waals surface area contributed by atoms with E-state index >= 15 is 0 Å². The number of aromatic hydroxyl groups is 1. The van der Waals surface area contributed by atoms with Gasteiger partial charge in [0.25, 0.3) is 5.91 Å². The number of benzene rings is 3. The summed E-state index contributed by atoms with van der Waals surface area (Å²) >= 11 is 11.9. The van der Waals surface area contributed by atoms with E-state index in [0.29, 0.717) is 27.1 Å². The fourth-order valence-electron chi connectivity index (χ4n) is 2.52. The first-order valence-electron chi connectivity index (χ1n) is 8.08. The second kappa shape index (κ2) is 8.29. The molecule has 0 atom stereocenters. The summed E-state index contributed by atoms with van der Waals surface area (Å²) in [5.74, 6) is -0.0385. The summed E-state index contributed by atoms with van der Waals surface area (Å²) in [6, 6.07) is 15.9. The summed E-state index contributed by atoms with van der Waals surface area (Å²) in [5.41, 5.74) is 3.40. The van der Waals surface area contributed by atoms with E-state index < -0.39 is 5.91 Å². The van der Waals surface area contributed by atoms with Gasteiger partial charge in [-0.1, -0.05) is 53.5 Å². The molecule has 0 fully saturated rings. The highest BCUT2D eigenvalue weighted by Gasteiger charge is 2.10. The fraction of sp³-hybridized carbons (Fsp3) is 0.100. The third kappa shape index (κ3) is 4.51. The number of hydrogen-bond acceptors (Lipinski definition) is 4. The molecule has 0 bridgehead atoms. The highest BCUT2D eigenvalue weighted by Crippen LogP contribution is 2.29. The van der Waals surface area contributed by atoms with Crippen LogP contribution in [-0.4, -0.2) is 23.3 Å². The lowest BCUT2D eigenvalue weighted by molar-refractivity contribution is -0.123. The van der Waals surface area contributed by atoms with Gasteiger partial charge >= 0.3 is 0 Å². The fourth-order valence-corrected chi connectivity index (χ4v) is 2.85. The first kappa shape index (κ1) is 19.0. The first-order chi connectivity index (χ1) is 13.0. The van der Waals surface area contributed by atoms with E-state index in [1.165, 1.54) is 6.07 Å². The quantitative estimate of drug-likeness (QED) is 0.476. The Morgan fingerprint density at radius 1 is 1.15 bits per heavy atom. The molecule has 3 aromatic rings. The summed E-state index contributed by atoms with van der Waals surface area (Å²) in [5, 5.41) is 16.9. The van der Waals surface area contributed by atoms with Crippen molar-refractivity contribution in [3.8, 4) is 11.5 Å². The molecular formula is C20H16Cl2N2O3. The van der Waals surface area contributed by atoms with Crippen LogP contribution < -0.4 is 10.2 Å². The number of nitrogens with zero attached hydrogens (tertiary/aromatic N) is 1. The minimum Gasteiger partial charge on any atom is -0.507 e. The number of amides is 1. The van der Waals surface area contributed by atoms with Crippen LogP contribution in [-0.2, 0) is 4.79 Å². The molecule has 27 heavy (non-hydrogen) atoms. The van der Waals surface area contributed by atoms with Crippen molar-refractivity contribution in [3.63, 3.8) is 0 Å². The summed E-state index contributed by atoms with van der Waals surface area (Å²) in [7, 11) is 0. The van der Waals surface area contributed by atoms with Gasteiger partial charge in [-0.15, -0.1) is 0 Å². The van der Waals surface area contributed by atoms with Crippen molar-refractivity contribution in [3.05, 3.63) is 70.2 Å². The number of carbonyl (C=O) groups is 1. The van der Waals surface area contributed by atoms with Crippen molar-refractivity contribution in [2.45, 2.75) is 6.92 Å². The van der Waals surface area contributed by atoms with Gasteiger partial charge in [0, 0.05) is 22.0 Å². The molecule has 138 valence electrons. The van der Waals surface area contributed by atoms with Crippen LogP contribution in [0.3, 0.4) is 0 Å². The van der Waals surface area contributed by atoms with Gasteiger partial charge in [0.2, 0.25) is 0 Å². The Labute approximate surface area is 166 Å². The van der Waals surface area contributed by atoms with Crippen LogP contribution in [0.25, 0.3) is 10.8 Å². The molecule has 0 aliphatic heterocycles. The number of nitrogens with one attached hydrogen (secondary N) is 1. The molecule has 0 aliphatic carbocycles. The van der Waals surface area contributed by atoms with Crippen LogP contribution >= 0.6 is 23.2 Å². The van der Waals surface area contributed by atoms with Gasteiger partial charge in [-0.05, 0) is 30.5 Å². The molecule has 0 radical (unpaired) electrons. The normalized spacial score (nSPS) is 11.4.